The topological polar surface area (TPSA) is 28.4 Å². The van der Waals surface area contributed by atoms with Gasteiger partial charge in [0.1, 0.15) is 11.8 Å². The van der Waals surface area contributed by atoms with Crippen LogP contribution in [-0.4, -0.2) is 30.6 Å². The molecule has 2 atom stereocenters. The zero-order valence-corrected chi connectivity index (χ0v) is 14.4. The highest BCUT2D eigenvalue weighted by Crippen LogP contribution is 2.31. The number of likely N-dealkylation sites (N-methyl/N-ethyl adjacent to an activating group) is 1. The van der Waals surface area contributed by atoms with Crippen LogP contribution in [0.3, 0.4) is 0 Å². The molecule has 3 nitrogen and oxygen atoms in total. The van der Waals surface area contributed by atoms with Crippen LogP contribution >= 0.6 is 22.9 Å². The molecule has 116 valence electrons. The van der Waals surface area contributed by atoms with E-state index in [4.69, 9.17) is 16.0 Å². The van der Waals surface area contributed by atoms with E-state index in [1.807, 2.05) is 18.2 Å². The van der Waals surface area contributed by atoms with E-state index in [1.54, 1.807) is 17.6 Å². The summed E-state index contributed by atoms with van der Waals surface area (Å²) in [4.78, 5) is 3.60. The van der Waals surface area contributed by atoms with Gasteiger partial charge < -0.3 is 9.32 Å². The quantitative estimate of drug-likeness (QED) is 0.779. The molecule has 2 aromatic heterocycles. The van der Waals surface area contributed by atoms with Crippen LogP contribution in [0.2, 0.25) is 4.34 Å². The van der Waals surface area contributed by atoms with Crippen molar-refractivity contribution in [3.63, 3.8) is 0 Å². The first-order valence-electron chi connectivity index (χ1n) is 7.41. The summed E-state index contributed by atoms with van der Waals surface area (Å²) >= 11 is 7.68. The first-order chi connectivity index (χ1) is 10.1. The summed E-state index contributed by atoms with van der Waals surface area (Å²) in [6.07, 6.45) is 1.72. The molecule has 1 N–H and O–H groups in total. The third kappa shape index (κ3) is 4.58. The van der Waals surface area contributed by atoms with E-state index in [-0.39, 0.29) is 6.04 Å². The Hall–Kier alpha value is -0.810. The van der Waals surface area contributed by atoms with Crippen LogP contribution in [0, 0.1) is 0 Å². The second-order valence-corrected chi connectivity index (χ2v) is 6.89. The third-order valence-electron chi connectivity index (χ3n) is 3.58. The Morgan fingerprint density at radius 2 is 2.05 bits per heavy atom. The zero-order chi connectivity index (χ0) is 15.2. The first-order valence-corrected chi connectivity index (χ1v) is 8.60. The predicted molar refractivity (Wildman–Crippen MR) is 90.3 cm³/mol. The second-order valence-electron chi connectivity index (χ2n) is 5.14. The van der Waals surface area contributed by atoms with Crippen LogP contribution in [0.5, 0.6) is 0 Å². The maximum atomic E-state index is 6.08. The lowest BCUT2D eigenvalue weighted by Gasteiger charge is -2.26. The SMILES string of the molecule is CCN(CC)CC(C)NC(c1ccco1)c1ccc(Cl)s1. The summed E-state index contributed by atoms with van der Waals surface area (Å²) in [5.41, 5.74) is 0. The summed E-state index contributed by atoms with van der Waals surface area (Å²) in [6.45, 7) is 9.75. The van der Waals surface area contributed by atoms with E-state index >= 15 is 0 Å². The molecule has 0 aliphatic carbocycles. The molecule has 5 heteroatoms. The molecule has 2 aromatic rings. The standard InChI is InChI=1S/C16H23ClN2OS/c1-4-19(5-2)11-12(3)18-16(13-7-6-10-20-13)14-8-9-15(17)21-14/h6-10,12,16,18H,4-5,11H2,1-3H3. The number of nitrogens with zero attached hydrogens (tertiary/aromatic N) is 1. The van der Waals surface area contributed by atoms with Crippen molar-refractivity contribution in [1.82, 2.24) is 10.2 Å². The molecular weight excluding hydrogens is 304 g/mol. The highest BCUT2D eigenvalue weighted by atomic mass is 35.5. The van der Waals surface area contributed by atoms with Gasteiger partial charge in [0.2, 0.25) is 0 Å². The van der Waals surface area contributed by atoms with Crippen molar-refractivity contribution in [2.75, 3.05) is 19.6 Å². The van der Waals surface area contributed by atoms with E-state index in [0.717, 1.165) is 29.7 Å². The van der Waals surface area contributed by atoms with E-state index in [0.29, 0.717) is 6.04 Å². The maximum absolute atomic E-state index is 6.08. The minimum atomic E-state index is 0.0584. The molecule has 0 aliphatic rings. The molecule has 2 unspecified atom stereocenters. The molecule has 0 saturated carbocycles. The Bertz CT molecular complexity index is 522. The minimum Gasteiger partial charge on any atom is -0.467 e. The molecule has 21 heavy (non-hydrogen) atoms. The normalized spacial score (nSPS) is 14.5. The molecule has 0 amide bonds. The van der Waals surface area contributed by atoms with Crippen LogP contribution in [0.4, 0.5) is 0 Å². The fraction of sp³-hybridized carbons (Fsp3) is 0.500. The molecule has 2 rings (SSSR count). The second kappa shape index (κ2) is 7.99. The van der Waals surface area contributed by atoms with Gasteiger partial charge in [-0.2, -0.15) is 0 Å². The van der Waals surface area contributed by atoms with E-state index < -0.39 is 0 Å². The van der Waals surface area contributed by atoms with Gasteiger partial charge in [0.15, 0.2) is 0 Å². The molecule has 0 radical (unpaired) electrons. The highest BCUT2D eigenvalue weighted by Gasteiger charge is 2.21. The zero-order valence-electron chi connectivity index (χ0n) is 12.8. The van der Waals surface area contributed by atoms with Gasteiger partial charge in [-0.3, -0.25) is 5.32 Å². The van der Waals surface area contributed by atoms with Crippen LogP contribution < -0.4 is 5.32 Å². The van der Waals surface area contributed by atoms with E-state index in [2.05, 4.69) is 37.1 Å². The van der Waals surface area contributed by atoms with Gasteiger partial charge >= 0.3 is 0 Å². The Kier molecular flexibility index (Phi) is 6.30. The summed E-state index contributed by atoms with van der Waals surface area (Å²) in [5, 5.41) is 3.66. The van der Waals surface area contributed by atoms with Crippen molar-refractivity contribution < 1.29 is 4.42 Å². The van der Waals surface area contributed by atoms with Crippen molar-refractivity contribution in [3.8, 4) is 0 Å². The largest absolute Gasteiger partial charge is 0.467 e. The van der Waals surface area contributed by atoms with Gasteiger partial charge in [0.25, 0.3) is 0 Å². The Balaban J connectivity index is 2.10. The summed E-state index contributed by atoms with van der Waals surface area (Å²) < 4.78 is 6.41. The number of rotatable bonds is 8. The fourth-order valence-corrected chi connectivity index (χ4v) is 3.58. The number of thiophene rings is 1. The maximum Gasteiger partial charge on any atom is 0.126 e. The molecular formula is C16H23ClN2OS. The molecule has 0 saturated heterocycles. The van der Waals surface area contributed by atoms with Crippen LogP contribution in [0.15, 0.2) is 34.9 Å². The molecule has 0 spiro atoms. The van der Waals surface area contributed by atoms with E-state index in [9.17, 15) is 0 Å². The lowest BCUT2D eigenvalue weighted by molar-refractivity contribution is 0.262. The summed E-state index contributed by atoms with van der Waals surface area (Å²) in [6, 6.07) is 8.36. The molecule has 2 heterocycles. The van der Waals surface area contributed by atoms with Gasteiger partial charge in [-0.05, 0) is 44.3 Å². The lowest BCUT2D eigenvalue weighted by Crippen LogP contribution is -2.40. The molecule has 0 aromatic carbocycles. The smallest absolute Gasteiger partial charge is 0.126 e. The summed E-state index contributed by atoms with van der Waals surface area (Å²) in [5.74, 6) is 0.930. The Labute approximate surface area is 135 Å². The predicted octanol–water partition coefficient (Wildman–Crippen LogP) is 4.40. The average Bonchev–Trinajstić information content (AvgIpc) is 3.13. The van der Waals surface area contributed by atoms with Crippen LogP contribution in [0.25, 0.3) is 0 Å². The monoisotopic (exact) mass is 326 g/mol. The van der Waals surface area contributed by atoms with Crippen molar-refractivity contribution in [3.05, 3.63) is 45.5 Å². The lowest BCUT2D eigenvalue weighted by atomic mass is 10.1. The number of hydrogen-bond donors (Lipinski definition) is 1. The van der Waals surface area contributed by atoms with Crippen molar-refractivity contribution in [2.24, 2.45) is 0 Å². The fourth-order valence-electron chi connectivity index (χ4n) is 2.45. The molecule has 0 aliphatic heterocycles. The molecule has 0 bridgehead atoms. The van der Waals surface area contributed by atoms with Crippen molar-refractivity contribution in [2.45, 2.75) is 32.9 Å². The summed E-state index contributed by atoms with van der Waals surface area (Å²) in [7, 11) is 0. The number of nitrogens with one attached hydrogen (secondary N) is 1. The van der Waals surface area contributed by atoms with Crippen molar-refractivity contribution in [1.29, 1.82) is 0 Å². The van der Waals surface area contributed by atoms with Gasteiger partial charge in [-0.1, -0.05) is 25.4 Å². The van der Waals surface area contributed by atoms with Crippen LogP contribution in [0.1, 0.15) is 37.5 Å². The highest BCUT2D eigenvalue weighted by molar-refractivity contribution is 7.16. The number of hydrogen-bond acceptors (Lipinski definition) is 4. The molecule has 0 fully saturated rings. The Morgan fingerprint density at radius 1 is 1.29 bits per heavy atom. The number of halogens is 1. The van der Waals surface area contributed by atoms with Gasteiger partial charge in [-0.25, -0.2) is 0 Å². The van der Waals surface area contributed by atoms with Crippen LogP contribution in [-0.2, 0) is 0 Å². The average molecular weight is 327 g/mol. The van der Waals surface area contributed by atoms with Crippen molar-refractivity contribution >= 4 is 22.9 Å². The first kappa shape index (κ1) is 16.6. The Morgan fingerprint density at radius 3 is 2.57 bits per heavy atom. The van der Waals surface area contributed by atoms with Gasteiger partial charge in [-0.15, -0.1) is 11.3 Å². The van der Waals surface area contributed by atoms with E-state index in [1.165, 1.54) is 4.88 Å². The van der Waals surface area contributed by atoms with Gasteiger partial charge in [0, 0.05) is 17.5 Å². The van der Waals surface area contributed by atoms with Gasteiger partial charge in [0.05, 0.1) is 10.6 Å². The number of furan rings is 1. The third-order valence-corrected chi connectivity index (χ3v) is 4.88. The minimum absolute atomic E-state index is 0.0584.